The normalized spacial score (nSPS) is 14.9. The van der Waals surface area contributed by atoms with Crippen molar-refractivity contribution in [2.75, 3.05) is 12.9 Å². The summed E-state index contributed by atoms with van der Waals surface area (Å²) >= 11 is 7.34. The maximum atomic E-state index is 13.4. The molecule has 1 atom stereocenters. The molecule has 38 heavy (non-hydrogen) atoms. The van der Waals surface area contributed by atoms with E-state index >= 15 is 0 Å². The number of carbonyl (C=O) groups excluding carboxylic acids is 2. The van der Waals surface area contributed by atoms with E-state index in [9.17, 15) is 14.9 Å². The molecular weight excluding hydrogens is 520 g/mol. The van der Waals surface area contributed by atoms with E-state index in [0.717, 1.165) is 11.1 Å². The topological polar surface area (TPSA) is 88.4 Å². The van der Waals surface area contributed by atoms with Crippen molar-refractivity contribution in [1.29, 1.82) is 5.26 Å². The zero-order chi connectivity index (χ0) is 27.1. The Hall–Kier alpha value is -3.99. The van der Waals surface area contributed by atoms with Crippen molar-refractivity contribution in [3.63, 3.8) is 0 Å². The van der Waals surface area contributed by atoms with Gasteiger partial charge in [-0.1, -0.05) is 65.8 Å². The molecular formula is C30H25ClN2O4S. The molecule has 1 N–H and O–H groups in total. The SMILES string of the molecule is COc1ccc(C(=O)CSC2=C(C#N)C(c3ccc(Cl)cc3)C(C(=O)OCc3ccccc3)=C(C)N2)cc1. The summed E-state index contributed by atoms with van der Waals surface area (Å²) in [6.07, 6.45) is 0. The van der Waals surface area contributed by atoms with Crippen molar-refractivity contribution in [3.05, 3.63) is 122 Å². The maximum absolute atomic E-state index is 13.4. The Labute approximate surface area is 230 Å². The number of nitrogens with zero attached hydrogens (tertiary/aromatic N) is 1. The molecule has 3 aromatic rings. The number of carbonyl (C=O) groups is 2. The first kappa shape index (κ1) is 27.1. The summed E-state index contributed by atoms with van der Waals surface area (Å²) in [7, 11) is 1.57. The molecule has 1 aliphatic rings. The highest BCUT2D eigenvalue weighted by Gasteiger charge is 2.35. The number of ether oxygens (including phenoxy) is 2. The molecule has 1 heterocycles. The van der Waals surface area contributed by atoms with Gasteiger partial charge in [0.05, 0.1) is 41.0 Å². The fourth-order valence-electron chi connectivity index (χ4n) is 4.08. The van der Waals surface area contributed by atoms with Crippen LogP contribution in [-0.2, 0) is 16.1 Å². The minimum atomic E-state index is -0.680. The lowest BCUT2D eigenvalue weighted by Gasteiger charge is -2.29. The van der Waals surface area contributed by atoms with Gasteiger partial charge in [-0.3, -0.25) is 4.79 Å². The van der Waals surface area contributed by atoms with E-state index in [1.54, 1.807) is 62.6 Å². The second-order valence-corrected chi connectivity index (χ2v) is 9.93. The van der Waals surface area contributed by atoms with Gasteiger partial charge in [-0.05, 0) is 54.4 Å². The molecule has 0 fully saturated rings. The van der Waals surface area contributed by atoms with Crippen molar-refractivity contribution < 1.29 is 19.1 Å². The van der Waals surface area contributed by atoms with E-state index in [1.165, 1.54) is 11.8 Å². The molecule has 1 aliphatic heterocycles. The third-order valence-electron chi connectivity index (χ3n) is 6.04. The molecule has 0 saturated heterocycles. The van der Waals surface area contributed by atoms with Gasteiger partial charge in [0.1, 0.15) is 12.4 Å². The molecule has 6 nitrogen and oxygen atoms in total. The quantitative estimate of drug-likeness (QED) is 0.246. The molecule has 0 aliphatic carbocycles. The average Bonchev–Trinajstić information content (AvgIpc) is 2.95. The number of hydrogen-bond donors (Lipinski definition) is 1. The lowest BCUT2D eigenvalue weighted by molar-refractivity contribution is -0.140. The van der Waals surface area contributed by atoms with Crippen LogP contribution in [-0.4, -0.2) is 24.6 Å². The van der Waals surface area contributed by atoms with Crippen LogP contribution in [0.5, 0.6) is 5.75 Å². The molecule has 3 aromatic carbocycles. The van der Waals surface area contributed by atoms with Crippen LogP contribution >= 0.6 is 23.4 Å². The second kappa shape index (κ2) is 12.5. The number of ketones is 1. The van der Waals surface area contributed by atoms with Crippen LogP contribution < -0.4 is 10.1 Å². The Bertz CT molecular complexity index is 1430. The van der Waals surface area contributed by atoms with Crippen molar-refractivity contribution in [3.8, 4) is 11.8 Å². The number of dihydropyridines is 1. The molecule has 0 amide bonds. The lowest BCUT2D eigenvalue weighted by atomic mass is 9.82. The van der Waals surface area contributed by atoms with Crippen LogP contribution in [0.15, 0.2) is 101 Å². The zero-order valence-corrected chi connectivity index (χ0v) is 22.4. The molecule has 4 rings (SSSR count). The number of nitrogens with one attached hydrogen (secondary N) is 1. The molecule has 1 unspecified atom stereocenters. The number of methoxy groups -OCH3 is 1. The number of rotatable bonds is 9. The van der Waals surface area contributed by atoms with Gasteiger partial charge in [0.2, 0.25) is 0 Å². The zero-order valence-electron chi connectivity index (χ0n) is 20.9. The number of Topliss-reactive ketones (excluding diaryl/α,β-unsaturated/α-hetero) is 1. The minimum absolute atomic E-state index is 0.0954. The van der Waals surface area contributed by atoms with Gasteiger partial charge in [0.25, 0.3) is 0 Å². The standard InChI is InChI=1S/C30H25ClN2O4S/c1-19-27(30(35)37-17-20-6-4-3-5-7-20)28(22-8-12-23(31)13-9-22)25(16-32)29(33-19)38-18-26(34)21-10-14-24(36-2)15-11-21/h3-15,28,33H,17-18H2,1-2H3. The first-order valence-electron chi connectivity index (χ1n) is 11.8. The second-order valence-electron chi connectivity index (χ2n) is 8.50. The Balaban J connectivity index is 1.61. The first-order valence-corrected chi connectivity index (χ1v) is 13.2. The summed E-state index contributed by atoms with van der Waals surface area (Å²) in [4.78, 5) is 26.2. The Morgan fingerprint density at radius 1 is 1.03 bits per heavy atom. The van der Waals surface area contributed by atoms with Crippen LogP contribution in [0.3, 0.4) is 0 Å². The fraction of sp³-hybridized carbons (Fsp3) is 0.167. The maximum Gasteiger partial charge on any atom is 0.337 e. The van der Waals surface area contributed by atoms with Crippen molar-refractivity contribution >= 4 is 35.1 Å². The van der Waals surface area contributed by atoms with Gasteiger partial charge in [-0.25, -0.2) is 4.79 Å². The van der Waals surface area contributed by atoms with E-state index in [-0.39, 0.29) is 18.1 Å². The number of esters is 1. The van der Waals surface area contributed by atoms with Gasteiger partial charge in [0.15, 0.2) is 5.78 Å². The minimum Gasteiger partial charge on any atom is -0.497 e. The number of benzene rings is 3. The van der Waals surface area contributed by atoms with E-state index in [1.807, 2.05) is 30.3 Å². The third-order valence-corrected chi connectivity index (χ3v) is 7.31. The summed E-state index contributed by atoms with van der Waals surface area (Å²) in [5, 5.41) is 14.5. The van der Waals surface area contributed by atoms with E-state index in [2.05, 4.69) is 11.4 Å². The lowest BCUT2D eigenvalue weighted by Crippen LogP contribution is -2.29. The molecule has 0 bridgehead atoms. The summed E-state index contributed by atoms with van der Waals surface area (Å²) in [5.41, 5.74) is 3.34. The van der Waals surface area contributed by atoms with Gasteiger partial charge in [-0.15, -0.1) is 0 Å². The smallest absolute Gasteiger partial charge is 0.337 e. The summed E-state index contributed by atoms with van der Waals surface area (Å²) in [5.74, 6) is -0.531. The van der Waals surface area contributed by atoms with E-state index in [4.69, 9.17) is 21.1 Å². The molecule has 0 aromatic heterocycles. The van der Waals surface area contributed by atoms with Gasteiger partial charge >= 0.3 is 5.97 Å². The Morgan fingerprint density at radius 2 is 1.71 bits per heavy atom. The van der Waals surface area contributed by atoms with Crippen molar-refractivity contribution in [1.82, 2.24) is 5.32 Å². The van der Waals surface area contributed by atoms with Crippen LogP contribution in [0.1, 0.15) is 34.3 Å². The van der Waals surface area contributed by atoms with Gasteiger partial charge in [0, 0.05) is 16.3 Å². The Kier molecular flexibility index (Phi) is 8.90. The molecule has 192 valence electrons. The summed E-state index contributed by atoms with van der Waals surface area (Å²) < 4.78 is 10.8. The Morgan fingerprint density at radius 3 is 2.34 bits per heavy atom. The third kappa shape index (κ3) is 6.28. The molecule has 0 spiro atoms. The molecule has 0 radical (unpaired) electrons. The van der Waals surface area contributed by atoms with Gasteiger partial charge < -0.3 is 14.8 Å². The number of nitriles is 1. The van der Waals surface area contributed by atoms with E-state index in [0.29, 0.717) is 38.2 Å². The van der Waals surface area contributed by atoms with Crippen molar-refractivity contribution in [2.24, 2.45) is 0 Å². The predicted octanol–water partition coefficient (Wildman–Crippen LogP) is 6.40. The largest absolute Gasteiger partial charge is 0.497 e. The molecule has 0 saturated carbocycles. The highest BCUT2D eigenvalue weighted by molar-refractivity contribution is 8.03. The fourth-order valence-corrected chi connectivity index (χ4v) is 5.20. The number of allylic oxidation sites excluding steroid dienone is 2. The first-order chi connectivity index (χ1) is 18.4. The highest BCUT2D eigenvalue weighted by atomic mass is 35.5. The number of thioether (sulfide) groups is 1. The highest BCUT2D eigenvalue weighted by Crippen LogP contribution is 2.41. The van der Waals surface area contributed by atoms with Crippen molar-refractivity contribution in [2.45, 2.75) is 19.4 Å². The van der Waals surface area contributed by atoms with Gasteiger partial charge in [-0.2, -0.15) is 5.26 Å². The average molecular weight is 545 g/mol. The van der Waals surface area contributed by atoms with Crippen LogP contribution in [0, 0.1) is 11.3 Å². The van der Waals surface area contributed by atoms with Crippen LogP contribution in [0.4, 0.5) is 0 Å². The van der Waals surface area contributed by atoms with E-state index < -0.39 is 11.9 Å². The summed E-state index contributed by atoms with van der Waals surface area (Å²) in [6.45, 7) is 1.87. The van der Waals surface area contributed by atoms with Crippen LogP contribution in [0.25, 0.3) is 0 Å². The number of halogens is 1. The number of hydrogen-bond acceptors (Lipinski definition) is 7. The molecule has 8 heteroatoms. The summed E-state index contributed by atoms with van der Waals surface area (Å²) in [6, 6.07) is 25.5. The van der Waals surface area contributed by atoms with Crippen LogP contribution in [0.2, 0.25) is 5.02 Å². The predicted molar refractivity (Wildman–Crippen MR) is 149 cm³/mol. The monoisotopic (exact) mass is 544 g/mol.